The number of hydrogen-bond donors (Lipinski definition) is 2. The van der Waals surface area contributed by atoms with Crippen molar-refractivity contribution in [3.8, 4) is 22.8 Å². The number of imidazole rings is 1. The minimum atomic E-state index is -0.536. The topological polar surface area (TPSA) is 76.4 Å². The first kappa shape index (κ1) is 21.7. The Bertz CT molecular complexity index is 1080. The largest absolute Gasteiger partial charge is 0.497 e. The van der Waals surface area contributed by atoms with Crippen molar-refractivity contribution in [3.63, 3.8) is 0 Å². The SMILES string of the molecule is COc1ccc(-n2cc(C(=O)N[C@@H]3CCCC[C@@H]3O)nc2-c2ccc(Cl)cc2Cl)cc1. The van der Waals surface area contributed by atoms with Crippen LogP contribution in [0, 0.1) is 0 Å². The van der Waals surface area contributed by atoms with Crippen molar-refractivity contribution >= 4 is 29.1 Å². The fourth-order valence-corrected chi connectivity index (χ4v) is 4.31. The average molecular weight is 460 g/mol. The lowest BCUT2D eigenvalue weighted by Gasteiger charge is -2.27. The third-order valence-electron chi connectivity index (χ3n) is 5.51. The number of aromatic nitrogens is 2. The molecule has 1 amide bonds. The number of rotatable bonds is 5. The van der Waals surface area contributed by atoms with Crippen LogP contribution in [-0.4, -0.2) is 39.8 Å². The number of nitrogens with one attached hydrogen (secondary N) is 1. The fraction of sp³-hybridized carbons (Fsp3) is 0.304. The molecule has 2 aromatic carbocycles. The summed E-state index contributed by atoms with van der Waals surface area (Å²) in [5.74, 6) is 0.907. The lowest BCUT2D eigenvalue weighted by Crippen LogP contribution is -2.45. The molecule has 8 heteroatoms. The van der Waals surface area contributed by atoms with Crippen LogP contribution < -0.4 is 10.1 Å². The van der Waals surface area contributed by atoms with Gasteiger partial charge >= 0.3 is 0 Å². The quantitative estimate of drug-likeness (QED) is 0.569. The zero-order valence-electron chi connectivity index (χ0n) is 17.0. The molecule has 0 aliphatic heterocycles. The van der Waals surface area contributed by atoms with Crippen LogP contribution in [0.5, 0.6) is 5.75 Å². The number of methoxy groups -OCH3 is 1. The van der Waals surface area contributed by atoms with E-state index in [0.29, 0.717) is 27.9 Å². The molecule has 4 rings (SSSR count). The summed E-state index contributed by atoms with van der Waals surface area (Å²) in [6, 6.07) is 12.3. The van der Waals surface area contributed by atoms with Gasteiger partial charge in [0.25, 0.3) is 5.91 Å². The number of nitrogens with zero attached hydrogens (tertiary/aromatic N) is 2. The molecule has 1 aromatic heterocycles. The van der Waals surface area contributed by atoms with Gasteiger partial charge in [-0.1, -0.05) is 36.0 Å². The number of carbonyl (C=O) groups excluding carboxylic acids is 1. The summed E-state index contributed by atoms with van der Waals surface area (Å²) >= 11 is 12.5. The van der Waals surface area contributed by atoms with Crippen molar-refractivity contribution in [3.05, 3.63) is 64.4 Å². The number of amides is 1. The third kappa shape index (κ3) is 4.71. The molecule has 1 saturated carbocycles. The Hall–Kier alpha value is -2.54. The molecule has 0 bridgehead atoms. The van der Waals surface area contributed by atoms with E-state index in [1.54, 1.807) is 36.1 Å². The molecule has 1 heterocycles. The second kappa shape index (κ2) is 9.30. The van der Waals surface area contributed by atoms with Gasteiger partial charge in [-0.15, -0.1) is 0 Å². The second-order valence-electron chi connectivity index (χ2n) is 7.57. The Morgan fingerprint density at radius 1 is 1.16 bits per heavy atom. The molecule has 0 spiro atoms. The number of benzene rings is 2. The Balaban J connectivity index is 1.73. The monoisotopic (exact) mass is 459 g/mol. The van der Waals surface area contributed by atoms with Gasteiger partial charge in [0.05, 0.1) is 24.3 Å². The lowest BCUT2D eigenvalue weighted by atomic mass is 9.92. The minimum Gasteiger partial charge on any atom is -0.497 e. The van der Waals surface area contributed by atoms with E-state index in [-0.39, 0.29) is 17.6 Å². The van der Waals surface area contributed by atoms with Gasteiger partial charge in [0.1, 0.15) is 17.3 Å². The van der Waals surface area contributed by atoms with Gasteiger partial charge in [-0.2, -0.15) is 0 Å². The molecule has 6 nitrogen and oxygen atoms in total. The van der Waals surface area contributed by atoms with E-state index in [2.05, 4.69) is 10.3 Å². The zero-order chi connectivity index (χ0) is 22.0. The van der Waals surface area contributed by atoms with Crippen LogP contribution in [0.2, 0.25) is 10.0 Å². The summed E-state index contributed by atoms with van der Waals surface area (Å²) in [5.41, 5.74) is 1.69. The van der Waals surface area contributed by atoms with E-state index in [9.17, 15) is 9.90 Å². The molecule has 2 N–H and O–H groups in total. The van der Waals surface area contributed by atoms with Gasteiger partial charge in [-0.25, -0.2) is 4.98 Å². The second-order valence-corrected chi connectivity index (χ2v) is 8.42. The van der Waals surface area contributed by atoms with Crippen LogP contribution in [0.1, 0.15) is 36.2 Å². The van der Waals surface area contributed by atoms with Crippen molar-refractivity contribution in [1.29, 1.82) is 0 Å². The van der Waals surface area contributed by atoms with E-state index in [4.69, 9.17) is 27.9 Å². The maximum absolute atomic E-state index is 13.0. The summed E-state index contributed by atoms with van der Waals surface area (Å²) < 4.78 is 7.05. The average Bonchev–Trinajstić information content (AvgIpc) is 3.20. The maximum atomic E-state index is 13.0. The predicted molar refractivity (Wildman–Crippen MR) is 121 cm³/mol. The summed E-state index contributed by atoms with van der Waals surface area (Å²) in [4.78, 5) is 17.5. The predicted octanol–water partition coefficient (Wildman–Crippen LogP) is 4.89. The van der Waals surface area contributed by atoms with Gasteiger partial charge in [0.15, 0.2) is 0 Å². The Labute approximate surface area is 190 Å². The zero-order valence-corrected chi connectivity index (χ0v) is 18.5. The Morgan fingerprint density at radius 3 is 2.58 bits per heavy atom. The summed E-state index contributed by atoms with van der Waals surface area (Å²) in [5, 5.41) is 14.1. The smallest absolute Gasteiger partial charge is 0.271 e. The first-order chi connectivity index (χ1) is 15.0. The maximum Gasteiger partial charge on any atom is 0.271 e. The molecule has 3 aromatic rings. The van der Waals surface area contributed by atoms with Gasteiger partial charge < -0.3 is 15.2 Å². The van der Waals surface area contributed by atoms with Crippen molar-refractivity contribution in [2.75, 3.05) is 7.11 Å². The van der Waals surface area contributed by atoms with E-state index in [1.165, 1.54) is 0 Å². The molecule has 1 aliphatic rings. The number of aliphatic hydroxyl groups excluding tert-OH is 1. The molecule has 1 aliphatic carbocycles. The number of halogens is 2. The molecule has 0 radical (unpaired) electrons. The number of aliphatic hydroxyl groups is 1. The van der Waals surface area contributed by atoms with Crippen molar-refractivity contribution < 1.29 is 14.6 Å². The molecule has 0 unspecified atom stereocenters. The van der Waals surface area contributed by atoms with E-state index < -0.39 is 6.10 Å². The highest BCUT2D eigenvalue weighted by molar-refractivity contribution is 6.36. The van der Waals surface area contributed by atoms with Crippen molar-refractivity contribution in [2.45, 2.75) is 37.8 Å². The molecule has 162 valence electrons. The fourth-order valence-electron chi connectivity index (χ4n) is 3.81. The van der Waals surface area contributed by atoms with Crippen LogP contribution >= 0.6 is 23.2 Å². The van der Waals surface area contributed by atoms with E-state index in [1.807, 2.05) is 24.3 Å². The van der Waals surface area contributed by atoms with E-state index in [0.717, 1.165) is 30.7 Å². The van der Waals surface area contributed by atoms with Gasteiger partial charge in [0, 0.05) is 22.5 Å². The van der Waals surface area contributed by atoms with Crippen molar-refractivity contribution in [1.82, 2.24) is 14.9 Å². The Kier molecular flexibility index (Phi) is 6.51. The third-order valence-corrected chi connectivity index (χ3v) is 6.05. The minimum absolute atomic E-state index is 0.245. The summed E-state index contributed by atoms with van der Waals surface area (Å²) in [7, 11) is 1.60. The molecular formula is C23H23Cl2N3O3. The standard InChI is InChI=1S/C23H23Cl2N3O3/c1-31-16-9-7-15(8-10-16)28-13-20(23(30)27-19-4-2-3-5-21(19)29)26-22(28)17-11-6-14(24)12-18(17)25/h6-13,19,21,29H,2-5H2,1H3,(H,27,30)/t19-,21+/m1/s1. The summed E-state index contributed by atoms with van der Waals surface area (Å²) in [6.45, 7) is 0. The molecule has 31 heavy (non-hydrogen) atoms. The number of ether oxygens (including phenoxy) is 1. The van der Waals surface area contributed by atoms with Gasteiger partial charge in [-0.3, -0.25) is 9.36 Å². The van der Waals surface area contributed by atoms with E-state index >= 15 is 0 Å². The molecular weight excluding hydrogens is 437 g/mol. The van der Waals surface area contributed by atoms with Crippen LogP contribution in [0.4, 0.5) is 0 Å². The number of carbonyl (C=O) groups is 1. The highest BCUT2D eigenvalue weighted by atomic mass is 35.5. The van der Waals surface area contributed by atoms with Crippen LogP contribution in [0.25, 0.3) is 17.1 Å². The highest BCUT2D eigenvalue weighted by Gasteiger charge is 2.26. The van der Waals surface area contributed by atoms with Gasteiger partial charge in [-0.05, 0) is 55.3 Å². The molecule has 1 fully saturated rings. The normalized spacial score (nSPS) is 18.6. The van der Waals surface area contributed by atoms with Crippen molar-refractivity contribution in [2.24, 2.45) is 0 Å². The number of hydrogen-bond acceptors (Lipinski definition) is 4. The lowest BCUT2D eigenvalue weighted by molar-refractivity contribution is 0.0714. The van der Waals surface area contributed by atoms with Gasteiger partial charge in [0.2, 0.25) is 0 Å². The molecule has 2 atom stereocenters. The van der Waals surface area contributed by atoms with Crippen LogP contribution in [0.3, 0.4) is 0 Å². The first-order valence-corrected chi connectivity index (χ1v) is 10.9. The first-order valence-electron chi connectivity index (χ1n) is 10.1. The summed E-state index contributed by atoms with van der Waals surface area (Å²) in [6.07, 6.45) is 4.53. The highest BCUT2D eigenvalue weighted by Crippen LogP contribution is 2.32. The Morgan fingerprint density at radius 2 is 1.90 bits per heavy atom. The van der Waals surface area contributed by atoms with Crippen LogP contribution in [0.15, 0.2) is 48.7 Å². The van der Waals surface area contributed by atoms with Crippen LogP contribution in [-0.2, 0) is 0 Å². The molecule has 0 saturated heterocycles.